The van der Waals surface area contributed by atoms with Gasteiger partial charge in [0.25, 0.3) is 0 Å². The summed E-state index contributed by atoms with van der Waals surface area (Å²) in [5.41, 5.74) is 7.71. The monoisotopic (exact) mass is 871 g/mol. The first-order valence-electron chi connectivity index (χ1n) is 23.4. The minimum absolute atomic E-state index is 0.0117. The Bertz CT molecular complexity index is 2120. The van der Waals surface area contributed by atoms with Crippen LogP contribution in [-0.2, 0) is 26.4 Å². The van der Waals surface area contributed by atoms with E-state index in [9.17, 15) is 9.90 Å². The molecular formula is C57H76O3P2. The van der Waals surface area contributed by atoms with Gasteiger partial charge in [0, 0.05) is 0 Å². The summed E-state index contributed by atoms with van der Waals surface area (Å²) in [4.78, 5) is 13.2. The van der Waals surface area contributed by atoms with Gasteiger partial charge in [0.2, 0.25) is 0 Å². The fourth-order valence-corrected chi connectivity index (χ4v) is 30.1. The third-order valence-corrected chi connectivity index (χ3v) is 29.4. The minimum atomic E-state index is -2.73. The van der Waals surface area contributed by atoms with Gasteiger partial charge in [-0.2, -0.15) is 0 Å². The summed E-state index contributed by atoms with van der Waals surface area (Å²) in [6, 6.07) is 45.3. The molecule has 332 valence electrons. The number of carbonyl (C=O) groups is 1. The summed E-state index contributed by atoms with van der Waals surface area (Å²) in [7, 11) is -5.46. The maximum atomic E-state index is 13.2. The zero-order valence-electron chi connectivity index (χ0n) is 40.4. The van der Waals surface area contributed by atoms with Gasteiger partial charge in [0.15, 0.2) is 0 Å². The number of cyclic esters (lactones) is 1. The molecule has 0 amide bonds. The zero-order chi connectivity index (χ0) is 45.2. The molecule has 5 heteroatoms. The van der Waals surface area contributed by atoms with Crippen molar-refractivity contribution in [3.63, 3.8) is 0 Å². The summed E-state index contributed by atoms with van der Waals surface area (Å²) in [6.07, 6.45) is 3.42. The van der Waals surface area contributed by atoms with Crippen LogP contribution < -0.4 is 21.2 Å². The summed E-state index contributed by atoms with van der Waals surface area (Å²) in [5.74, 6) is -0.399. The van der Waals surface area contributed by atoms with E-state index in [0.29, 0.717) is 28.7 Å². The molecule has 3 nitrogen and oxygen atoms in total. The molecule has 1 saturated heterocycles. The number of esters is 1. The molecule has 3 atom stereocenters. The molecule has 2 aliphatic rings. The molecule has 0 saturated carbocycles. The Morgan fingerprint density at radius 3 is 1.18 bits per heavy atom. The number of phenolic OH excluding ortho intramolecular Hbond substituents is 1. The number of aromatic hydroxyl groups is 1. The van der Waals surface area contributed by atoms with E-state index in [-0.39, 0.29) is 33.5 Å². The number of hydrogen-bond donors (Lipinski definition) is 1. The Kier molecular flexibility index (Phi) is 12.4. The molecule has 0 bridgehead atoms. The van der Waals surface area contributed by atoms with Gasteiger partial charge in [-0.3, -0.25) is 0 Å². The number of hydrogen-bond acceptors (Lipinski definition) is 3. The van der Waals surface area contributed by atoms with Crippen molar-refractivity contribution in [1.82, 2.24) is 0 Å². The van der Waals surface area contributed by atoms with Crippen LogP contribution in [0.4, 0.5) is 0 Å². The first-order valence-corrected chi connectivity index (χ1v) is 27.7. The van der Waals surface area contributed by atoms with E-state index in [1.807, 2.05) is 12.1 Å². The summed E-state index contributed by atoms with van der Waals surface area (Å²) < 4.78 is 6.09. The number of benzene rings is 5. The Hall–Kier alpha value is -3.77. The predicted molar refractivity (Wildman–Crippen MR) is 273 cm³/mol. The Morgan fingerprint density at radius 1 is 0.516 bits per heavy atom. The summed E-state index contributed by atoms with van der Waals surface area (Å²) >= 11 is 0. The van der Waals surface area contributed by atoms with Crippen molar-refractivity contribution in [1.29, 1.82) is 0 Å². The first-order chi connectivity index (χ1) is 28.9. The van der Waals surface area contributed by atoms with E-state index in [1.165, 1.54) is 43.5 Å². The van der Waals surface area contributed by atoms with Crippen LogP contribution in [-0.4, -0.2) is 27.8 Å². The van der Waals surface area contributed by atoms with Gasteiger partial charge in [-0.05, 0) is 0 Å². The molecule has 0 aliphatic carbocycles. The van der Waals surface area contributed by atoms with Crippen LogP contribution >= 0.6 is 14.5 Å². The molecule has 2 heterocycles. The zero-order valence-corrected chi connectivity index (χ0v) is 42.4. The molecule has 0 radical (unpaired) electrons. The topological polar surface area (TPSA) is 46.5 Å². The van der Waals surface area contributed by atoms with Crippen LogP contribution in [0.25, 0.3) is 0 Å². The Labute approximate surface area is 376 Å². The van der Waals surface area contributed by atoms with Crippen LogP contribution in [0.5, 0.6) is 5.75 Å². The molecule has 1 N–H and O–H groups in total. The van der Waals surface area contributed by atoms with Gasteiger partial charge in [0.05, 0.1) is 0 Å². The molecular weight excluding hydrogens is 795 g/mol. The van der Waals surface area contributed by atoms with Crippen molar-refractivity contribution in [2.75, 3.05) is 0 Å². The van der Waals surface area contributed by atoms with Crippen LogP contribution in [0.3, 0.4) is 0 Å². The second-order valence-corrected chi connectivity index (χ2v) is 32.9. The van der Waals surface area contributed by atoms with Gasteiger partial charge in [-0.1, -0.05) is 0 Å². The fourth-order valence-electron chi connectivity index (χ4n) is 11.7. The molecule has 1 fully saturated rings. The predicted octanol–water partition coefficient (Wildman–Crippen LogP) is 13.3. The number of fused-ring (bicyclic) bond motifs is 1. The van der Waals surface area contributed by atoms with E-state index >= 15 is 0 Å². The van der Waals surface area contributed by atoms with Crippen LogP contribution in [0.15, 0.2) is 115 Å². The van der Waals surface area contributed by atoms with Crippen molar-refractivity contribution in [2.24, 2.45) is 0 Å². The normalized spacial score (nSPS) is 22.4. The van der Waals surface area contributed by atoms with Gasteiger partial charge >= 0.3 is 378 Å². The third-order valence-electron chi connectivity index (χ3n) is 15.1. The van der Waals surface area contributed by atoms with E-state index in [4.69, 9.17) is 4.74 Å². The SMILES string of the molecule is CC1CC(C)[PH](c2ccc(C(C)(C)C)cc2)(c2ccc(C(C)(C)C)cc2)C(CCCC2OC(=O)c3c(O)cccc32)[PH]1(c1ccc(C(C)(C)C)cc1)c1ccc(C(C)(C)C)cc1. The molecule has 0 aromatic heterocycles. The summed E-state index contributed by atoms with van der Waals surface area (Å²) in [6.45, 7) is 33.1. The van der Waals surface area contributed by atoms with Gasteiger partial charge in [-0.25, -0.2) is 0 Å². The molecule has 0 spiro atoms. The summed E-state index contributed by atoms with van der Waals surface area (Å²) in [5, 5.41) is 17.3. The third kappa shape index (κ3) is 8.25. The molecule has 5 aromatic carbocycles. The van der Waals surface area contributed by atoms with Crippen LogP contribution in [0.2, 0.25) is 0 Å². The van der Waals surface area contributed by atoms with Crippen molar-refractivity contribution < 1.29 is 14.6 Å². The van der Waals surface area contributed by atoms with Crippen molar-refractivity contribution in [2.45, 2.75) is 167 Å². The number of rotatable bonds is 8. The second kappa shape index (κ2) is 16.7. The van der Waals surface area contributed by atoms with E-state index in [0.717, 1.165) is 24.8 Å². The number of carbonyl (C=O) groups excluding carboxylic acids is 1. The first kappa shape index (κ1) is 46.2. The number of phenols is 1. The van der Waals surface area contributed by atoms with Gasteiger partial charge in [-0.15, -0.1) is 0 Å². The van der Waals surface area contributed by atoms with E-state index < -0.39 is 20.5 Å². The van der Waals surface area contributed by atoms with E-state index in [2.05, 4.69) is 194 Å². The molecule has 62 heavy (non-hydrogen) atoms. The number of ether oxygens (including phenoxy) is 1. The molecule has 5 aromatic rings. The molecule has 7 rings (SSSR count). The van der Waals surface area contributed by atoms with Crippen molar-refractivity contribution in [3.8, 4) is 5.75 Å². The Morgan fingerprint density at radius 2 is 0.855 bits per heavy atom. The van der Waals surface area contributed by atoms with Crippen LogP contribution in [0, 0.1) is 0 Å². The van der Waals surface area contributed by atoms with Crippen molar-refractivity contribution in [3.05, 3.63) is 149 Å². The van der Waals surface area contributed by atoms with Crippen molar-refractivity contribution >= 4 is 41.7 Å². The van der Waals surface area contributed by atoms with Gasteiger partial charge in [0.1, 0.15) is 0 Å². The standard InChI is InChI=1S/C57H76O3P2/c1-38-37-39(2)62(46-33-25-42(26-34-46)56(9,10)11,47-35-27-43(28-36-47)57(12,13)14)51(20-16-19-50-48-17-15-18-49(58)52(48)53(59)60-50)61(38,44-29-21-40(22-30-44)54(3,4)5)45-31-23-41(24-32-45)55(6,7)8/h15,17-18,21-36,38-39,50-51,58,61-62H,16,19-20,37H2,1-14H3. The second-order valence-electron chi connectivity index (χ2n) is 23.2. The molecule has 3 unspecified atom stereocenters. The van der Waals surface area contributed by atoms with E-state index in [1.54, 1.807) is 6.07 Å². The average molecular weight is 871 g/mol. The molecule has 2 aliphatic heterocycles. The van der Waals surface area contributed by atoms with Gasteiger partial charge < -0.3 is 0 Å². The maximum absolute atomic E-state index is 13.2. The van der Waals surface area contributed by atoms with Crippen LogP contribution in [0.1, 0.15) is 167 Å². The Balaban J connectivity index is 1.54. The average Bonchev–Trinajstić information content (AvgIpc) is 3.53. The fraction of sp³-hybridized carbons (Fsp3) is 0.456. The quantitative estimate of drug-likeness (QED) is 0.125.